The van der Waals surface area contributed by atoms with E-state index in [2.05, 4.69) is 12.6 Å². The summed E-state index contributed by atoms with van der Waals surface area (Å²) < 4.78 is 5.31. The fraction of sp³-hybridized carbons (Fsp3) is 0.333. The van der Waals surface area contributed by atoms with E-state index in [1.54, 1.807) is 6.26 Å². The molecule has 1 aromatic heterocycles. The van der Waals surface area contributed by atoms with Crippen molar-refractivity contribution < 1.29 is 4.42 Å². The van der Waals surface area contributed by atoms with Gasteiger partial charge in [-0.1, -0.05) is 6.08 Å². The van der Waals surface area contributed by atoms with Gasteiger partial charge in [0.1, 0.15) is 5.76 Å². The third-order valence-electron chi connectivity index (χ3n) is 2.13. The second-order valence-corrected chi connectivity index (χ2v) is 2.69. The van der Waals surface area contributed by atoms with Crippen LogP contribution in [0.4, 0.5) is 0 Å². The van der Waals surface area contributed by atoms with Crippen molar-refractivity contribution in [1.29, 1.82) is 0 Å². The molecule has 52 valence electrons. The summed E-state index contributed by atoms with van der Waals surface area (Å²) in [6.45, 7) is 3.76. The van der Waals surface area contributed by atoms with Gasteiger partial charge in [0.25, 0.3) is 0 Å². The second kappa shape index (κ2) is 2.01. The molecule has 0 fully saturated rings. The molecule has 0 radical (unpaired) electrons. The maximum atomic E-state index is 5.31. The fourth-order valence-corrected chi connectivity index (χ4v) is 1.55. The Morgan fingerprint density at radius 3 is 3.40 bits per heavy atom. The maximum Gasteiger partial charge on any atom is 0.113 e. The van der Waals surface area contributed by atoms with Crippen molar-refractivity contribution in [1.82, 2.24) is 0 Å². The Hall–Kier alpha value is -0.980. The van der Waals surface area contributed by atoms with Crippen LogP contribution in [-0.2, 0) is 6.42 Å². The Morgan fingerprint density at radius 1 is 1.70 bits per heavy atom. The van der Waals surface area contributed by atoms with E-state index < -0.39 is 0 Å². The Balaban J connectivity index is 2.43. The predicted octanol–water partition coefficient (Wildman–Crippen LogP) is 2.50. The highest BCUT2D eigenvalue weighted by Crippen LogP contribution is 2.33. The van der Waals surface area contributed by atoms with Crippen LogP contribution in [0.1, 0.15) is 23.7 Å². The first kappa shape index (κ1) is 5.78. The van der Waals surface area contributed by atoms with Crippen LogP contribution < -0.4 is 0 Å². The van der Waals surface area contributed by atoms with Crippen LogP contribution >= 0.6 is 0 Å². The molecule has 0 N–H and O–H groups in total. The third-order valence-corrected chi connectivity index (χ3v) is 2.13. The van der Waals surface area contributed by atoms with Crippen LogP contribution in [0, 0.1) is 0 Å². The van der Waals surface area contributed by atoms with E-state index in [1.165, 1.54) is 12.0 Å². The van der Waals surface area contributed by atoms with E-state index in [0.717, 1.165) is 12.2 Å². The first-order chi connectivity index (χ1) is 4.92. The summed E-state index contributed by atoms with van der Waals surface area (Å²) in [6, 6.07) is 2.05. The average Bonchev–Trinajstić information content (AvgIpc) is 2.44. The summed E-state index contributed by atoms with van der Waals surface area (Å²) in [7, 11) is 0. The second-order valence-electron chi connectivity index (χ2n) is 2.69. The molecule has 0 amide bonds. The van der Waals surface area contributed by atoms with Gasteiger partial charge in [-0.3, -0.25) is 0 Å². The summed E-state index contributed by atoms with van der Waals surface area (Å²) in [5.41, 5.74) is 1.37. The molecule has 1 heteroatoms. The predicted molar refractivity (Wildman–Crippen MR) is 40.0 cm³/mol. The van der Waals surface area contributed by atoms with Crippen molar-refractivity contribution in [2.24, 2.45) is 0 Å². The normalized spacial score (nSPS) is 22.6. The highest BCUT2D eigenvalue weighted by molar-refractivity contribution is 5.29. The Morgan fingerprint density at radius 2 is 2.60 bits per heavy atom. The van der Waals surface area contributed by atoms with Gasteiger partial charge in [0.05, 0.1) is 6.26 Å². The van der Waals surface area contributed by atoms with E-state index >= 15 is 0 Å². The SMILES string of the molecule is C=CC1CCc2ccoc21. The summed E-state index contributed by atoms with van der Waals surface area (Å²) in [5.74, 6) is 1.61. The minimum Gasteiger partial charge on any atom is -0.468 e. The lowest BCUT2D eigenvalue weighted by atomic mass is 10.1. The van der Waals surface area contributed by atoms with Gasteiger partial charge < -0.3 is 4.42 Å². The van der Waals surface area contributed by atoms with Gasteiger partial charge in [-0.2, -0.15) is 0 Å². The molecular formula is C9H10O. The van der Waals surface area contributed by atoms with Gasteiger partial charge in [0, 0.05) is 5.92 Å². The highest BCUT2D eigenvalue weighted by Gasteiger charge is 2.22. The molecular weight excluding hydrogens is 124 g/mol. The molecule has 1 unspecified atom stereocenters. The van der Waals surface area contributed by atoms with Crippen LogP contribution in [-0.4, -0.2) is 0 Å². The molecule has 2 rings (SSSR count). The minimum atomic E-state index is 0.477. The topological polar surface area (TPSA) is 13.1 Å². The molecule has 1 atom stereocenters. The van der Waals surface area contributed by atoms with Crippen LogP contribution in [0.2, 0.25) is 0 Å². The molecule has 1 aliphatic rings. The smallest absolute Gasteiger partial charge is 0.113 e. The minimum absolute atomic E-state index is 0.477. The number of allylic oxidation sites excluding steroid dienone is 1. The summed E-state index contributed by atoms with van der Waals surface area (Å²) >= 11 is 0. The van der Waals surface area contributed by atoms with E-state index in [0.29, 0.717) is 5.92 Å². The lowest BCUT2D eigenvalue weighted by Gasteiger charge is -1.97. The molecule has 1 aromatic rings. The summed E-state index contributed by atoms with van der Waals surface area (Å²) in [5, 5.41) is 0. The van der Waals surface area contributed by atoms with Crippen molar-refractivity contribution in [3.8, 4) is 0 Å². The number of rotatable bonds is 1. The fourth-order valence-electron chi connectivity index (χ4n) is 1.55. The molecule has 0 saturated heterocycles. The molecule has 0 bridgehead atoms. The summed E-state index contributed by atoms with van der Waals surface area (Å²) in [6.07, 6.45) is 6.07. The number of aryl methyl sites for hydroxylation is 1. The van der Waals surface area contributed by atoms with Crippen LogP contribution in [0.3, 0.4) is 0 Å². The molecule has 10 heavy (non-hydrogen) atoms. The zero-order chi connectivity index (χ0) is 6.97. The lowest BCUT2D eigenvalue weighted by molar-refractivity contribution is 0.497. The number of furan rings is 1. The third kappa shape index (κ3) is 0.635. The van der Waals surface area contributed by atoms with Crippen molar-refractivity contribution in [2.45, 2.75) is 18.8 Å². The highest BCUT2D eigenvalue weighted by atomic mass is 16.3. The molecule has 0 aromatic carbocycles. The standard InChI is InChI=1S/C9H10O/c1-2-7-3-4-8-5-6-10-9(7)8/h2,5-7H,1,3-4H2. The zero-order valence-electron chi connectivity index (χ0n) is 5.84. The van der Waals surface area contributed by atoms with Gasteiger partial charge in [-0.15, -0.1) is 6.58 Å². The van der Waals surface area contributed by atoms with E-state index in [1.807, 2.05) is 6.08 Å². The van der Waals surface area contributed by atoms with Gasteiger partial charge >= 0.3 is 0 Å². The lowest BCUT2D eigenvalue weighted by Crippen LogP contribution is -1.83. The number of hydrogen-bond donors (Lipinski definition) is 0. The molecule has 1 nitrogen and oxygen atoms in total. The Kier molecular flexibility index (Phi) is 1.16. The molecule has 1 aliphatic carbocycles. The quantitative estimate of drug-likeness (QED) is 0.538. The van der Waals surface area contributed by atoms with Gasteiger partial charge in [0.2, 0.25) is 0 Å². The van der Waals surface area contributed by atoms with Crippen molar-refractivity contribution >= 4 is 0 Å². The van der Waals surface area contributed by atoms with Crippen LogP contribution in [0.25, 0.3) is 0 Å². The Labute approximate surface area is 60.4 Å². The van der Waals surface area contributed by atoms with E-state index in [9.17, 15) is 0 Å². The Bertz CT molecular complexity index is 247. The van der Waals surface area contributed by atoms with Crippen LogP contribution in [0.5, 0.6) is 0 Å². The molecule has 0 spiro atoms. The summed E-state index contributed by atoms with van der Waals surface area (Å²) in [4.78, 5) is 0. The van der Waals surface area contributed by atoms with Gasteiger partial charge in [-0.25, -0.2) is 0 Å². The van der Waals surface area contributed by atoms with Gasteiger partial charge in [-0.05, 0) is 24.5 Å². The van der Waals surface area contributed by atoms with Crippen molar-refractivity contribution in [3.05, 3.63) is 36.3 Å². The van der Waals surface area contributed by atoms with Crippen molar-refractivity contribution in [3.63, 3.8) is 0 Å². The average molecular weight is 134 g/mol. The largest absolute Gasteiger partial charge is 0.468 e. The van der Waals surface area contributed by atoms with E-state index in [-0.39, 0.29) is 0 Å². The molecule has 0 saturated carbocycles. The van der Waals surface area contributed by atoms with Gasteiger partial charge in [0.15, 0.2) is 0 Å². The maximum absolute atomic E-state index is 5.31. The molecule has 1 heterocycles. The first-order valence-electron chi connectivity index (χ1n) is 3.60. The first-order valence-corrected chi connectivity index (χ1v) is 3.60. The number of hydrogen-bond acceptors (Lipinski definition) is 1. The van der Waals surface area contributed by atoms with Crippen molar-refractivity contribution in [2.75, 3.05) is 0 Å². The van der Waals surface area contributed by atoms with Crippen LogP contribution in [0.15, 0.2) is 29.4 Å². The molecule has 0 aliphatic heterocycles. The number of fused-ring (bicyclic) bond motifs is 1. The monoisotopic (exact) mass is 134 g/mol. The van der Waals surface area contributed by atoms with E-state index in [4.69, 9.17) is 4.42 Å². The zero-order valence-corrected chi connectivity index (χ0v) is 5.84.